The van der Waals surface area contributed by atoms with E-state index in [0.29, 0.717) is 17.6 Å². The zero-order valence-corrected chi connectivity index (χ0v) is 11.6. The van der Waals surface area contributed by atoms with Crippen LogP contribution < -0.4 is 4.74 Å². The molecule has 1 heterocycles. The number of rotatable bonds is 3. The van der Waals surface area contributed by atoms with Gasteiger partial charge in [0.1, 0.15) is 10.9 Å². The van der Waals surface area contributed by atoms with E-state index in [-0.39, 0.29) is 0 Å². The maximum atomic E-state index is 6.26. The lowest BCUT2D eigenvalue weighted by Gasteiger charge is -2.10. The summed E-state index contributed by atoms with van der Waals surface area (Å²) in [5.41, 5.74) is 3.10. The van der Waals surface area contributed by atoms with Gasteiger partial charge in [-0.3, -0.25) is 0 Å². The van der Waals surface area contributed by atoms with E-state index in [1.807, 2.05) is 31.2 Å². The zero-order chi connectivity index (χ0) is 13.2. The van der Waals surface area contributed by atoms with Gasteiger partial charge >= 0.3 is 0 Å². The van der Waals surface area contributed by atoms with Crippen molar-refractivity contribution in [2.45, 2.75) is 26.2 Å². The fourth-order valence-electron chi connectivity index (χ4n) is 2.44. The van der Waals surface area contributed by atoms with Crippen LogP contribution in [-0.4, -0.2) is 16.6 Å². The Bertz CT molecular complexity index is 613. The van der Waals surface area contributed by atoms with Crippen molar-refractivity contribution < 1.29 is 4.74 Å². The molecule has 0 N–H and O–H groups in total. The van der Waals surface area contributed by atoms with Gasteiger partial charge in [-0.25, -0.2) is 9.97 Å². The second-order valence-corrected chi connectivity index (χ2v) is 4.90. The van der Waals surface area contributed by atoms with E-state index in [2.05, 4.69) is 9.97 Å². The molecule has 0 bridgehead atoms. The molecule has 0 saturated heterocycles. The molecule has 3 nitrogen and oxygen atoms in total. The lowest BCUT2D eigenvalue weighted by molar-refractivity contribution is 0.341. The van der Waals surface area contributed by atoms with Gasteiger partial charge in [-0.15, -0.1) is 0 Å². The van der Waals surface area contributed by atoms with Crippen LogP contribution in [0.3, 0.4) is 0 Å². The van der Waals surface area contributed by atoms with Crippen molar-refractivity contribution in [3.05, 3.63) is 40.7 Å². The normalized spacial score (nSPS) is 13.4. The molecule has 0 fully saturated rings. The van der Waals surface area contributed by atoms with Crippen LogP contribution in [0.4, 0.5) is 0 Å². The van der Waals surface area contributed by atoms with E-state index >= 15 is 0 Å². The quantitative estimate of drug-likeness (QED) is 0.801. The fourth-order valence-corrected chi connectivity index (χ4v) is 2.72. The summed E-state index contributed by atoms with van der Waals surface area (Å²) in [5.74, 6) is 1.47. The number of ether oxygens (including phenoxy) is 1. The van der Waals surface area contributed by atoms with Gasteiger partial charge in [-0.1, -0.05) is 23.7 Å². The highest BCUT2D eigenvalue weighted by atomic mass is 35.5. The summed E-state index contributed by atoms with van der Waals surface area (Å²) in [5, 5.41) is 0.587. The highest BCUT2D eigenvalue weighted by molar-refractivity contribution is 6.30. The molecule has 0 saturated carbocycles. The molecular formula is C15H15ClN2O. The van der Waals surface area contributed by atoms with Crippen LogP contribution in [0.15, 0.2) is 24.3 Å². The summed E-state index contributed by atoms with van der Waals surface area (Å²) >= 11 is 6.26. The molecule has 4 heteroatoms. The molecule has 1 aromatic heterocycles. The monoisotopic (exact) mass is 274 g/mol. The predicted octanol–water partition coefficient (Wildman–Crippen LogP) is 3.68. The van der Waals surface area contributed by atoms with Crippen LogP contribution in [0.1, 0.15) is 24.6 Å². The van der Waals surface area contributed by atoms with Crippen LogP contribution >= 0.6 is 11.6 Å². The predicted molar refractivity (Wildman–Crippen MR) is 75.7 cm³/mol. The van der Waals surface area contributed by atoms with Crippen molar-refractivity contribution in [2.24, 2.45) is 0 Å². The maximum Gasteiger partial charge on any atom is 0.164 e. The summed E-state index contributed by atoms with van der Waals surface area (Å²) < 4.78 is 5.63. The van der Waals surface area contributed by atoms with Gasteiger partial charge in [0.2, 0.25) is 0 Å². The molecule has 1 aromatic carbocycles. The van der Waals surface area contributed by atoms with Gasteiger partial charge in [0, 0.05) is 11.3 Å². The first-order chi connectivity index (χ1) is 9.29. The van der Waals surface area contributed by atoms with Gasteiger partial charge in [-0.2, -0.15) is 0 Å². The van der Waals surface area contributed by atoms with Crippen molar-refractivity contribution in [1.29, 1.82) is 0 Å². The van der Waals surface area contributed by atoms with Gasteiger partial charge in [0.05, 0.1) is 12.2 Å². The molecule has 2 aromatic rings. The summed E-state index contributed by atoms with van der Waals surface area (Å²) in [4.78, 5) is 9.08. The van der Waals surface area contributed by atoms with E-state index in [9.17, 15) is 0 Å². The molecule has 0 unspecified atom stereocenters. The number of hydrogen-bond donors (Lipinski definition) is 0. The Morgan fingerprint density at radius 1 is 1.21 bits per heavy atom. The maximum absolute atomic E-state index is 6.26. The van der Waals surface area contributed by atoms with E-state index in [1.165, 1.54) is 0 Å². The van der Waals surface area contributed by atoms with Crippen molar-refractivity contribution >= 4 is 11.6 Å². The number of aromatic nitrogens is 2. The average Bonchev–Trinajstić information content (AvgIpc) is 2.88. The molecule has 98 valence electrons. The summed E-state index contributed by atoms with van der Waals surface area (Å²) in [6, 6.07) is 7.81. The molecule has 1 aliphatic carbocycles. The number of halogens is 1. The molecule has 0 amide bonds. The fraction of sp³-hybridized carbons (Fsp3) is 0.333. The highest BCUT2D eigenvalue weighted by Crippen LogP contribution is 2.32. The standard InChI is InChI=1S/C15H15ClN2O/c1-2-19-13-9-4-3-6-11(13)15-17-12-8-5-7-10(12)14(16)18-15/h3-4,6,9H,2,5,7-8H2,1H3. The van der Waals surface area contributed by atoms with Gasteiger partial charge < -0.3 is 4.74 Å². The Labute approximate surface area is 117 Å². The van der Waals surface area contributed by atoms with Gasteiger partial charge in [-0.05, 0) is 38.3 Å². The molecule has 0 aliphatic heterocycles. The lowest BCUT2D eigenvalue weighted by Crippen LogP contribution is -2.00. The van der Waals surface area contributed by atoms with Crippen molar-refractivity contribution in [1.82, 2.24) is 9.97 Å². The lowest BCUT2D eigenvalue weighted by atomic mass is 10.1. The second kappa shape index (κ2) is 5.17. The average molecular weight is 275 g/mol. The van der Waals surface area contributed by atoms with Crippen molar-refractivity contribution in [2.75, 3.05) is 6.61 Å². The van der Waals surface area contributed by atoms with Crippen LogP contribution in [0, 0.1) is 0 Å². The molecule has 0 radical (unpaired) electrons. The van der Waals surface area contributed by atoms with Crippen molar-refractivity contribution in [3.8, 4) is 17.1 Å². The summed E-state index contributed by atoms with van der Waals surface area (Å²) in [6.07, 6.45) is 3.09. The SMILES string of the molecule is CCOc1ccccc1-c1nc(Cl)c2c(n1)CCC2. The van der Waals surface area contributed by atoms with E-state index in [0.717, 1.165) is 41.8 Å². The number of benzene rings is 1. The third-order valence-electron chi connectivity index (χ3n) is 3.31. The van der Waals surface area contributed by atoms with Crippen LogP contribution in [-0.2, 0) is 12.8 Å². The number of fused-ring (bicyclic) bond motifs is 1. The minimum absolute atomic E-state index is 0.587. The van der Waals surface area contributed by atoms with Crippen LogP contribution in [0.5, 0.6) is 5.75 Å². The first-order valence-corrected chi connectivity index (χ1v) is 6.95. The Kier molecular flexibility index (Phi) is 3.38. The highest BCUT2D eigenvalue weighted by Gasteiger charge is 2.19. The van der Waals surface area contributed by atoms with Gasteiger partial charge in [0.15, 0.2) is 5.82 Å². The minimum Gasteiger partial charge on any atom is -0.493 e. The first kappa shape index (κ1) is 12.4. The largest absolute Gasteiger partial charge is 0.493 e. The Hall–Kier alpha value is -1.61. The minimum atomic E-state index is 0.587. The number of aryl methyl sites for hydroxylation is 1. The summed E-state index contributed by atoms with van der Waals surface area (Å²) in [6.45, 7) is 2.59. The molecule has 0 atom stereocenters. The Morgan fingerprint density at radius 3 is 2.89 bits per heavy atom. The Balaban J connectivity index is 2.10. The van der Waals surface area contributed by atoms with Crippen LogP contribution in [0.25, 0.3) is 11.4 Å². The number of para-hydroxylation sites is 1. The smallest absolute Gasteiger partial charge is 0.164 e. The third-order valence-corrected chi connectivity index (χ3v) is 3.62. The van der Waals surface area contributed by atoms with E-state index in [4.69, 9.17) is 16.3 Å². The van der Waals surface area contributed by atoms with Crippen LogP contribution in [0.2, 0.25) is 5.15 Å². The summed E-state index contributed by atoms with van der Waals surface area (Å²) in [7, 11) is 0. The Morgan fingerprint density at radius 2 is 2.05 bits per heavy atom. The molecule has 0 spiro atoms. The number of hydrogen-bond acceptors (Lipinski definition) is 3. The third kappa shape index (κ3) is 2.30. The molecule has 1 aliphatic rings. The second-order valence-electron chi connectivity index (χ2n) is 4.55. The first-order valence-electron chi connectivity index (χ1n) is 6.57. The molecule has 19 heavy (non-hydrogen) atoms. The number of nitrogens with zero attached hydrogens (tertiary/aromatic N) is 2. The van der Waals surface area contributed by atoms with E-state index in [1.54, 1.807) is 0 Å². The van der Waals surface area contributed by atoms with Crippen molar-refractivity contribution in [3.63, 3.8) is 0 Å². The van der Waals surface area contributed by atoms with Gasteiger partial charge in [0.25, 0.3) is 0 Å². The van der Waals surface area contributed by atoms with E-state index < -0.39 is 0 Å². The topological polar surface area (TPSA) is 35.0 Å². The molecule has 3 rings (SSSR count). The zero-order valence-electron chi connectivity index (χ0n) is 10.8. The molecular weight excluding hydrogens is 260 g/mol.